The summed E-state index contributed by atoms with van der Waals surface area (Å²) in [5, 5.41) is 44.5. The van der Waals surface area contributed by atoms with Gasteiger partial charge in [0.05, 0.1) is 81.9 Å². The molecule has 0 unspecified atom stereocenters. The number of rotatable bonds is 13. The molecule has 0 spiro atoms. The van der Waals surface area contributed by atoms with E-state index in [-0.39, 0.29) is 44.7 Å². The summed E-state index contributed by atoms with van der Waals surface area (Å²) in [7, 11) is 0. The summed E-state index contributed by atoms with van der Waals surface area (Å²) in [4.78, 5) is -0.993. The molecule has 58 heavy (non-hydrogen) atoms. The van der Waals surface area contributed by atoms with Gasteiger partial charge in [-0.1, -0.05) is 105 Å². The number of aliphatic hydroxyl groups is 4. The van der Waals surface area contributed by atoms with E-state index in [9.17, 15) is 20.4 Å². The molecule has 0 saturated carbocycles. The highest BCUT2D eigenvalue weighted by atomic mass is 32.2. The van der Waals surface area contributed by atoms with Crippen LogP contribution in [0.4, 0.5) is 0 Å². The molecule has 4 aliphatic heterocycles. The van der Waals surface area contributed by atoms with Gasteiger partial charge >= 0.3 is 0 Å². The van der Waals surface area contributed by atoms with Gasteiger partial charge in [0, 0.05) is 25.7 Å². The van der Waals surface area contributed by atoms with Crippen molar-refractivity contribution in [1.29, 1.82) is 0 Å². The van der Waals surface area contributed by atoms with Gasteiger partial charge in [-0.15, -0.1) is 11.8 Å². The number of aliphatic hydroxyl groups excluding tert-OH is 4. The van der Waals surface area contributed by atoms with Crippen LogP contribution in [0.5, 0.6) is 0 Å². The summed E-state index contributed by atoms with van der Waals surface area (Å²) in [6.45, 7) is 5.04. The number of hydrogen-bond acceptors (Lipinski definition) is 12. The van der Waals surface area contributed by atoms with Crippen molar-refractivity contribution in [3.05, 3.63) is 108 Å². The van der Waals surface area contributed by atoms with Gasteiger partial charge in [-0.3, -0.25) is 0 Å². The fraction of sp³-hybridized carbons (Fsp3) is 0.609. The average molecular weight is 823 g/mol. The summed E-state index contributed by atoms with van der Waals surface area (Å²) < 4.78 is 48.1. The van der Waals surface area contributed by atoms with E-state index in [1.165, 1.54) is 0 Å². The lowest BCUT2D eigenvalue weighted by molar-refractivity contribution is -0.266. The number of fused-ring (bicyclic) bond motifs is 3. The highest BCUT2D eigenvalue weighted by Crippen LogP contribution is 2.51. The molecule has 4 heterocycles. The summed E-state index contributed by atoms with van der Waals surface area (Å²) in [6, 6.07) is 29.9. The van der Waals surface area contributed by atoms with Gasteiger partial charge in [-0.2, -0.15) is 0 Å². The first-order valence-electron chi connectivity index (χ1n) is 21.1. The van der Waals surface area contributed by atoms with E-state index in [0.29, 0.717) is 44.6 Å². The largest absolute Gasteiger partial charge is 0.394 e. The van der Waals surface area contributed by atoms with Crippen LogP contribution in [-0.2, 0) is 53.0 Å². The molecule has 4 N–H and O–H groups in total. The number of ether oxygens (including phenoxy) is 7. The highest BCUT2D eigenvalue weighted by Gasteiger charge is 2.60. The Kier molecular flexibility index (Phi) is 15.7. The second-order valence-corrected chi connectivity index (χ2v) is 17.9. The molecule has 4 aliphatic rings. The van der Waals surface area contributed by atoms with Gasteiger partial charge in [0.15, 0.2) is 4.93 Å². The van der Waals surface area contributed by atoms with Crippen LogP contribution in [-0.4, -0.2) is 118 Å². The topological polar surface area (TPSA) is 146 Å². The van der Waals surface area contributed by atoms with Crippen LogP contribution in [0.2, 0.25) is 0 Å². The monoisotopic (exact) mass is 822 g/mol. The van der Waals surface area contributed by atoms with Crippen LogP contribution in [0, 0.1) is 5.92 Å². The van der Waals surface area contributed by atoms with Crippen LogP contribution < -0.4 is 0 Å². The predicted molar refractivity (Wildman–Crippen MR) is 220 cm³/mol. The Morgan fingerprint density at radius 1 is 0.621 bits per heavy atom. The molecule has 0 amide bonds. The Labute approximate surface area is 347 Å². The minimum absolute atomic E-state index is 0.105. The molecule has 4 saturated heterocycles. The standard InChI is InChI=1S/C46H62O11S/c1-3-58-46-44(53-28-33-17-11-6-12-18-33)23-39-38(56-45(46)24-40-41(57-46)20-30(2)19-36(50)42(25-47)54-40)22-35(49)34(48)21-37(52-27-32-15-9-5-10-16-32)43(55-39)29-51-26-31-13-7-4-8-14-31/h4-18,30,34-45,47-50H,3,19-29H2,1-2H3/t30-,34+,35-,36+,37-,38+,39-,40+,41-,42-,43+,44-,45-,46-/m1/s1. The third-order valence-corrected chi connectivity index (χ3v) is 13.4. The quantitative estimate of drug-likeness (QED) is 0.171. The van der Waals surface area contributed by atoms with E-state index in [0.717, 1.165) is 16.7 Å². The molecular weight excluding hydrogens is 761 g/mol. The summed E-state index contributed by atoms with van der Waals surface area (Å²) in [5.41, 5.74) is 3.02. The second-order valence-electron chi connectivity index (χ2n) is 16.4. The number of thioether (sulfide) groups is 1. The van der Waals surface area contributed by atoms with Crippen LogP contribution >= 0.6 is 11.8 Å². The predicted octanol–water partition coefficient (Wildman–Crippen LogP) is 5.58. The highest BCUT2D eigenvalue weighted by molar-refractivity contribution is 8.00. The van der Waals surface area contributed by atoms with Gasteiger partial charge in [0.2, 0.25) is 0 Å². The van der Waals surface area contributed by atoms with Crippen molar-refractivity contribution in [2.75, 3.05) is 19.0 Å². The Morgan fingerprint density at radius 2 is 1.19 bits per heavy atom. The SMILES string of the molecule is CCS[C@@]12O[C@@H]3C[C@H](C)C[C@H](O)[C@@H](CO)O[C@H]3C[C@H]1O[C@H]1C[C@@H](O)[C@@H](O)C[C@@H](OCc3ccccc3)[C@H](COCc3ccccc3)O[C@@H]1C[C@H]2OCc1ccccc1. The first-order chi connectivity index (χ1) is 28.2. The number of hydrogen-bond donors (Lipinski definition) is 4. The maximum absolute atomic E-state index is 11.7. The molecule has 318 valence electrons. The average Bonchev–Trinajstić information content (AvgIpc) is 3.31. The first-order valence-corrected chi connectivity index (χ1v) is 22.1. The van der Waals surface area contributed by atoms with Crippen LogP contribution in [0.3, 0.4) is 0 Å². The molecule has 4 fully saturated rings. The summed E-state index contributed by atoms with van der Waals surface area (Å²) >= 11 is 1.65. The fourth-order valence-electron chi connectivity index (χ4n) is 9.03. The van der Waals surface area contributed by atoms with Gasteiger partial charge in [0.1, 0.15) is 24.4 Å². The minimum Gasteiger partial charge on any atom is -0.394 e. The molecule has 0 radical (unpaired) electrons. The lowest BCUT2D eigenvalue weighted by Crippen LogP contribution is -2.63. The number of benzene rings is 3. The Hall–Kier alpha value is -2.43. The molecule has 0 aliphatic carbocycles. The second kappa shape index (κ2) is 20.9. The molecule has 3 aromatic rings. The maximum atomic E-state index is 11.7. The van der Waals surface area contributed by atoms with E-state index in [4.69, 9.17) is 33.2 Å². The zero-order chi connectivity index (χ0) is 40.5. The molecule has 14 atom stereocenters. The van der Waals surface area contributed by atoms with Gasteiger partial charge in [-0.25, -0.2) is 0 Å². The zero-order valence-electron chi connectivity index (χ0n) is 33.7. The molecule has 7 rings (SSSR count). The normalized spacial score (nSPS) is 37.0. The molecule has 0 aromatic heterocycles. The van der Waals surface area contributed by atoms with E-state index >= 15 is 0 Å². The lowest BCUT2D eigenvalue weighted by atomic mass is 9.85. The third kappa shape index (κ3) is 10.9. The van der Waals surface area contributed by atoms with Crippen LogP contribution in [0.1, 0.15) is 69.1 Å². The van der Waals surface area contributed by atoms with Crippen molar-refractivity contribution in [3.63, 3.8) is 0 Å². The van der Waals surface area contributed by atoms with Crippen molar-refractivity contribution in [2.24, 2.45) is 5.92 Å². The van der Waals surface area contributed by atoms with Crippen molar-refractivity contribution in [1.82, 2.24) is 0 Å². The van der Waals surface area contributed by atoms with Gasteiger partial charge in [-0.05, 0) is 41.2 Å². The minimum atomic E-state index is -1.14. The van der Waals surface area contributed by atoms with Crippen LogP contribution in [0.25, 0.3) is 0 Å². The molecule has 11 nitrogen and oxygen atoms in total. The van der Waals surface area contributed by atoms with Crippen molar-refractivity contribution < 1.29 is 53.6 Å². The van der Waals surface area contributed by atoms with E-state index in [2.05, 4.69) is 13.8 Å². The van der Waals surface area contributed by atoms with E-state index < -0.39 is 72.1 Å². The zero-order valence-corrected chi connectivity index (χ0v) is 34.5. The van der Waals surface area contributed by atoms with E-state index in [1.807, 2.05) is 91.0 Å². The Bertz CT molecular complexity index is 1640. The van der Waals surface area contributed by atoms with Gasteiger partial charge < -0.3 is 53.6 Å². The maximum Gasteiger partial charge on any atom is 0.166 e. The molecule has 3 aromatic carbocycles. The first kappa shape index (κ1) is 43.7. The fourth-order valence-corrected chi connectivity index (χ4v) is 10.4. The van der Waals surface area contributed by atoms with E-state index in [1.54, 1.807) is 11.8 Å². The Balaban J connectivity index is 1.24. The summed E-state index contributed by atoms with van der Waals surface area (Å²) in [5.74, 6) is 0.818. The smallest absolute Gasteiger partial charge is 0.166 e. The van der Waals surface area contributed by atoms with Crippen molar-refractivity contribution in [3.8, 4) is 0 Å². The van der Waals surface area contributed by atoms with Crippen molar-refractivity contribution >= 4 is 11.8 Å². The third-order valence-electron chi connectivity index (χ3n) is 12.1. The summed E-state index contributed by atoms with van der Waals surface area (Å²) in [6.07, 6.45) is -6.18. The van der Waals surface area contributed by atoms with Crippen molar-refractivity contribution in [2.45, 2.75) is 150 Å². The molecule has 0 bridgehead atoms. The molecular formula is C46H62O11S. The lowest BCUT2D eigenvalue weighted by Gasteiger charge is -2.52. The van der Waals surface area contributed by atoms with Crippen LogP contribution in [0.15, 0.2) is 91.0 Å². The van der Waals surface area contributed by atoms with Gasteiger partial charge in [0.25, 0.3) is 0 Å². The molecule has 12 heteroatoms. The Morgan fingerprint density at radius 3 is 1.83 bits per heavy atom.